The summed E-state index contributed by atoms with van der Waals surface area (Å²) in [4.78, 5) is 23.5. The number of alkyl halides is 3. The molecule has 1 saturated heterocycles. The van der Waals surface area contributed by atoms with Gasteiger partial charge in [-0.05, 0) is 29.8 Å². The quantitative estimate of drug-likeness (QED) is 0.265. The SMILES string of the molecule is C[C@H](CS)C(=O)N1C[C@@H](Oc2ccc(CC3Nc4cc(C(F)(F)F)c(S(N)(=O)=O)cc4S(=O)(=O)N3)cc2)C[C@H]1C(=O)O. The molecule has 230 valence electrons. The van der Waals surface area contributed by atoms with Crippen molar-refractivity contribution in [2.75, 3.05) is 17.6 Å². The van der Waals surface area contributed by atoms with Gasteiger partial charge in [-0.25, -0.2) is 26.8 Å². The van der Waals surface area contributed by atoms with Gasteiger partial charge in [0, 0.05) is 24.5 Å². The Labute approximate surface area is 244 Å². The number of benzene rings is 2. The summed E-state index contributed by atoms with van der Waals surface area (Å²) in [5, 5.41) is 17.1. The third-order valence-electron chi connectivity index (χ3n) is 6.80. The Bertz CT molecular complexity index is 1600. The molecule has 0 aliphatic carbocycles. The Balaban J connectivity index is 1.49. The predicted octanol–water partition coefficient (Wildman–Crippen LogP) is 1.62. The van der Waals surface area contributed by atoms with Gasteiger partial charge in [-0.15, -0.1) is 0 Å². The van der Waals surface area contributed by atoms with E-state index in [0.717, 1.165) is 0 Å². The molecule has 1 amide bonds. The van der Waals surface area contributed by atoms with Crippen molar-refractivity contribution in [2.45, 2.75) is 54.0 Å². The van der Waals surface area contributed by atoms with Gasteiger partial charge in [0.05, 0.1) is 28.9 Å². The van der Waals surface area contributed by atoms with E-state index in [2.05, 4.69) is 22.7 Å². The standard InChI is InChI=1S/C24H27F3N4O8S3/c1-12(11-40)22(32)31-10-15(7-18(31)23(33)34)39-14-4-2-13(3-5-14)6-21-29-17-8-16(24(25,26)27)19(41(28,35)36)9-20(17)42(37,38)30-21/h2-5,8-9,12,15,18,21,29-30,40H,6-7,10-11H2,1H3,(H,33,34)(H2,28,35,36)/t12-,15+,18+,21?/m1/s1. The summed E-state index contributed by atoms with van der Waals surface area (Å²) < 4.78 is 98.0. The third kappa shape index (κ3) is 6.77. The average Bonchev–Trinajstić information content (AvgIpc) is 3.31. The summed E-state index contributed by atoms with van der Waals surface area (Å²) in [6.07, 6.45) is -6.76. The fourth-order valence-corrected chi connectivity index (χ4v) is 7.09. The number of fused-ring (bicyclic) bond motifs is 1. The number of rotatable bonds is 8. The molecule has 2 aromatic rings. The number of thiol groups is 1. The van der Waals surface area contributed by atoms with E-state index in [1.54, 1.807) is 31.2 Å². The number of primary sulfonamides is 1. The molecule has 2 aliphatic rings. The van der Waals surface area contributed by atoms with Crippen LogP contribution in [-0.2, 0) is 42.2 Å². The molecule has 42 heavy (non-hydrogen) atoms. The number of ether oxygens (including phenoxy) is 1. The molecule has 12 nitrogen and oxygen atoms in total. The molecule has 0 radical (unpaired) electrons. The van der Waals surface area contributed by atoms with E-state index in [1.807, 2.05) is 0 Å². The van der Waals surface area contributed by atoms with Crippen molar-refractivity contribution >= 4 is 50.2 Å². The molecule has 4 atom stereocenters. The maximum absolute atomic E-state index is 13.6. The number of halogens is 3. The summed E-state index contributed by atoms with van der Waals surface area (Å²) in [6.45, 7) is 1.72. The normalized spacial score (nSPS) is 22.6. The Hall–Kier alpha value is -3.06. The molecule has 1 unspecified atom stereocenters. The van der Waals surface area contributed by atoms with Gasteiger partial charge in [0.15, 0.2) is 0 Å². The van der Waals surface area contributed by atoms with Crippen LogP contribution in [0.2, 0.25) is 0 Å². The zero-order valence-corrected chi connectivity index (χ0v) is 24.4. The Morgan fingerprint density at radius 3 is 2.43 bits per heavy atom. The van der Waals surface area contributed by atoms with E-state index in [1.165, 1.54) is 4.90 Å². The number of sulfonamides is 2. The molecule has 4 rings (SSSR count). The molecule has 2 aromatic carbocycles. The van der Waals surface area contributed by atoms with Crippen LogP contribution in [0.3, 0.4) is 0 Å². The van der Waals surface area contributed by atoms with Crippen LogP contribution in [0.1, 0.15) is 24.5 Å². The number of carbonyl (C=O) groups is 2. The Morgan fingerprint density at radius 2 is 1.88 bits per heavy atom. The van der Waals surface area contributed by atoms with Crippen LogP contribution in [0.25, 0.3) is 0 Å². The third-order valence-corrected chi connectivity index (χ3v) is 9.81. The van der Waals surface area contributed by atoms with Crippen LogP contribution >= 0.6 is 12.6 Å². The van der Waals surface area contributed by atoms with E-state index in [-0.39, 0.29) is 31.0 Å². The molecular weight excluding hydrogens is 625 g/mol. The highest BCUT2D eigenvalue weighted by atomic mass is 32.2. The molecule has 0 bridgehead atoms. The van der Waals surface area contributed by atoms with E-state index in [9.17, 15) is 44.7 Å². The van der Waals surface area contributed by atoms with Gasteiger partial charge in [0.25, 0.3) is 0 Å². The fraction of sp³-hybridized carbons (Fsp3) is 0.417. The molecule has 0 aromatic heterocycles. The van der Waals surface area contributed by atoms with Crippen LogP contribution in [-0.4, -0.2) is 69.3 Å². The lowest BCUT2D eigenvalue weighted by Gasteiger charge is -2.29. The zero-order valence-electron chi connectivity index (χ0n) is 21.8. The highest BCUT2D eigenvalue weighted by Gasteiger charge is 2.42. The van der Waals surface area contributed by atoms with Crippen molar-refractivity contribution in [3.63, 3.8) is 0 Å². The van der Waals surface area contributed by atoms with Gasteiger partial charge in [-0.2, -0.15) is 30.5 Å². The first kappa shape index (κ1) is 31.9. The maximum atomic E-state index is 13.6. The first-order valence-electron chi connectivity index (χ1n) is 12.4. The zero-order chi connectivity index (χ0) is 31.2. The lowest BCUT2D eigenvalue weighted by Crippen LogP contribution is -2.46. The molecular formula is C24H27F3N4O8S3. The van der Waals surface area contributed by atoms with Gasteiger partial charge in [-0.1, -0.05) is 19.1 Å². The minimum atomic E-state index is -5.13. The van der Waals surface area contributed by atoms with Crippen molar-refractivity contribution in [1.82, 2.24) is 9.62 Å². The summed E-state index contributed by atoms with van der Waals surface area (Å²) in [6, 6.07) is 6.00. The van der Waals surface area contributed by atoms with Crippen molar-refractivity contribution in [2.24, 2.45) is 11.1 Å². The van der Waals surface area contributed by atoms with E-state index < -0.39 is 77.5 Å². The monoisotopic (exact) mass is 652 g/mol. The predicted molar refractivity (Wildman–Crippen MR) is 146 cm³/mol. The van der Waals surface area contributed by atoms with Crippen molar-refractivity contribution in [3.8, 4) is 5.75 Å². The number of amides is 1. The largest absolute Gasteiger partial charge is 0.488 e. The maximum Gasteiger partial charge on any atom is 0.417 e. The van der Waals surface area contributed by atoms with Crippen molar-refractivity contribution in [1.29, 1.82) is 0 Å². The Morgan fingerprint density at radius 1 is 1.24 bits per heavy atom. The van der Waals surface area contributed by atoms with E-state index in [0.29, 0.717) is 23.4 Å². The second-order valence-corrected chi connectivity index (χ2v) is 13.5. The van der Waals surface area contributed by atoms with Crippen molar-refractivity contribution < 1.29 is 49.4 Å². The molecule has 0 spiro atoms. The van der Waals surface area contributed by atoms with Crippen LogP contribution in [0, 0.1) is 5.92 Å². The topological polar surface area (TPSA) is 185 Å². The summed E-state index contributed by atoms with van der Waals surface area (Å²) in [5.41, 5.74) is -1.50. The van der Waals surface area contributed by atoms with Crippen molar-refractivity contribution in [3.05, 3.63) is 47.5 Å². The molecule has 2 heterocycles. The summed E-state index contributed by atoms with van der Waals surface area (Å²) in [7, 11) is -9.32. The number of hydrogen-bond acceptors (Lipinski definition) is 9. The van der Waals surface area contributed by atoms with E-state index in [4.69, 9.17) is 9.88 Å². The fourth-order valence-electron chi connectivity index (χ4n) is 4.77. The second-order valence-electron chi connectivity index (χ2n) is 9.96. The number of anilines is 1. The van der Waals surface area contributed by atoms with Gasteiger partial charge in [0.2, 0.25) is 26.0 Å². The highest BCUT2D eigenvalue weighted by molar-refractivity contribution is 7.90. The van der Waals surface area contributed by atoms with Gasteiger partial charge < -0.3 is 20.1 Å². The number of nitrogens with zero attached hydrogens (tertiary/aromatic N) is 1. The van der Waals surface area contributed by atoms with Crippen LogP contribution in [0.4, 0.5) is 18.9 Å². The van der Waals surface area contributed by atoms with E-state index >= 15 is 0 Å². The number of nitrogens with one attached hydrogen (secondary N) is 2. The minimum Gasteiger partial charge on any atom is -0.488 e. The lowest BCUT2D eigenvalue weighted by atomic mass is 10.1. The number of likely N-dealkylation sites (tertiary alicyclic amines) is 1. The average molecular weight is 653 g/mol. The smallest absolute Gasteiger partial charge is 0.417 e. The molecule has 18 heteroatoms. The molecule has 2 aliphatic heterocycles. The molecule has 5 N–H and O–H groups in total. The summed E-state index contributed by atoms with van der Waals surface area (Å²) in [5.74, 6) is -1.35. The van der Waals surface area contributed by atoms with Gasteiger partial charge in [-0.3, -0.25) is 4.79 Å². The first-order chi connectivity index (χ1) is 19.4. The minimum absolute atomic E-state index is 0.0222. The molecule has 0 saturated carbocycles. The number of aliphatic carboxylic acids is 1. The summed E-state index contributed by atoms with van der Waals surface area (Å²) >= 11 is 4.10. The number of nitrogens with two attached hydrogens (primary N) is 1. The van der Waals surface area contributed by atoms with Gasteiger partial charge in [0.1, 0.15) is 22.8 Å². The van der Waals surface area contributed by atoms with Crippen LogP contribution < -0.4 is 19.9 Å². The number of hydrogen-bond donors (Lipinski definition) is 5. The lowest BCUT2D eigenvalue weighted by molar-refractivity contribution is -0.149. The van der Waals surface area contributed by atoms with Gasteiger partial charge >= 0.3 is 12.1 Å². The highest BCUT2D eigenvalue weighted by Crippen LogP contribution is 2.39. The number of carbonyl (C=O) groups excluding carboxylic acids is 1. The first-order valence-corrected chi connectivity index (χ1v) is 16.0. The number of carboxylic acids is 1. The van der Waals surface area contributed by atoms with Crippen LogP contribution in [0.5, 0.6) is 5.75 Å². The molecule has 1 fully saturated rings. The van der Waals surface area contributed by atoms with Crippen LogP contribution in [0.15, 0.2) is 46.2 Å². The second kappa shape index (κ2) is 11.6. The Kier molecular flexibility index (Phi) is 8.77. The number of carboxylic acid groups (broad SMARTS) is 1.